The zero-order valence-corrected chi connectivity index (χ0v) is 10.5. The SMILES string of the molecule is CCCCC(CCC)NC1CCC(N)C1. The normalized spacial score (nSPS) is 28.2. The van der Waals surface area contributed by atoms with Gasteiger partial charge in [-0.05, 0) is 32.1 Å². The van der Waals surface area contributed by atoms with Crippen LogP contribution in [0.15, 0.2) is 0 Å². The molecule has 0 aliphatic heterocycles. The minimum atomic E-state index is 0.455. The predicted octanol–water partition coefficient (Wildman–Crippen LogP) is 2.81. The van der Waals surface area contributed by atoms with Crippen molar-refractivity contribution in [1.29, 1.82) is 0 Å². The van der Waals surface area contributed by atoms with E-state index in [1.54, 1.807) is 0 Å². The van der Waals surface area contributed by atoms with Crippen molar-refractivity contribution in [2.75, 3.05) is 0 Å². The van der Waals surface area contributed by atoms with Crippen LogP contribution in [0.1, 0.15) is 65.2 Å². The molecule has 15 heavy (non-hydrogen) atoms. The second kappa shape index (κ2) is 7.24. The van der Waals surface area contributed by atoms with Crippen molar-refractivity contribution in [1.82, 2.24) is 5.32 Å². The fourth-order valence-electron chi connectivity index (χ4n) is 2.61. The van der Waals surface area contributed by atoms with Gasteiger partial charge in [-0.3, -0.25) is 0 Å². The van der Waals surface area contributed by atoms with E-state index < -0.39 is 0 Å². The lowest BCUT2D eigenvalue weighted by molar-refractivity contribution is 0.379. The molecule has 2 nitrogen and oxygen atoms in total. The summed E-state index contributed by atoms with van der Waals surface area (Å²) in [5.41, 5.74) is 5.93. The summed E-state index contributed by atoms with van der Waals surface area (Å²) < 4.78 is 0. The van der Waals surface area contributed by atoms with E-state index in [-0.39, 0.29) is 0 Å². The Hall–Kier alpha value is -0.0800. The molecule has 0 aromatic carbocycles. The van der Waals surface area contributed by atoms with E-state index >= 15 is 0 Å². The first kappa shape index (κ1) is 13.0. The van der Waals surface area contributed by atoms with E-state index in [0.29, 0.717) is 12.1 Å². The van der Waals surface area contributed by atoms with Crippen LogP contribution >= 0.6 is 0 Å². The highest BCUT2D eigenvalue weighted by Crippen LogP contribution is 2.19. The molecule has 1 fully saturated rings. The van der Waals surface area contributed by atoms with Crippen LogP contribution in [0.2, 0.25) is 0 Å². The van der Waals surface area contributed by atoms with Gasteiger partial charge < -0.3 is 11.1 Å². The van der Waals surface area contributed by atoms with E-state index in [2.05, 4.69) is 19.2 Å². The lowest BCUT2D eigenvalue weighted by Gasteiger charge is -2.22. The first-order valence-corrected chi connectivity index (χ1v) is 6.77. The van der Waals surface area contributed by atoms with Crippen molar-refractivity contribution in [3.8, 4) is 0 Å². The molecule has 0 saturated heterocycles. The van der Waals surface area contributed by atoms with Gasteiger partial charge in [-0.1, -0.05) is 33.1 Å². The molecule has 3 unspecified atom stereocenters. The van der Waals surface area contributed by atoms with E-state index in [1.807, 2.05) is 0 Å². The van der Waals surface area contributed by atoms with Crippen LogP contribution in [0.4, 0.5) is 0 Å². The summed E-state index contributed by atoms with van der Waals surface area (Å²) in [4.78, 5) is 0. The Morgan fingerprint density at radius 2 is 2.00 bits per heavy atom. The number of rotatable bonds is 7. The highest BCUT2D eigenvalue weighted by molar-refractivity contribution is 4.85. The molecule has 3 N–H and O–H groups in total. The highest BCUT2D eigenvalue weighted by Gasteiger charge is 2.23. The summed E-state index contributed by atoms with van der Waals surface area (Å²) in [6, 6.07) is 1.90. The van der Waals surface area contributed by atoms with Crippen LogP contribution in [0, 0.1) is 0 Å². The topological polar surface area (TPSA) is 38.0 Å². The van der Waals surface area contributed by atoms with Gasteiger partial charge in [-0.15, -0.1) is 0 Å². The minimum Gasteiger partial charge on any atom is -0.328 e. The summed E-state index contributed by atoms with van der Waals surface area (Å²) in [5, 5.41) is 3.80. The van der Waals surface area contributed by atoms with Crippen molar-refractivity contribution >= 4 is 0 Å². The average Bonchev–Trinajstić information content (AvgIpc) is 2.61. The summed E-state index contributed by atoms with van der Waals surface area (Å²) in [6.07, 6.45) is 10.3. The fraction of sp³-hybridized carbons (Fsp3) is 1.00. The molecule has 2 heteroatoms. The van der Waals surface area contributed by atoms with Crippen molar-refractivity contribution in [2.24, 2.45) is 5.73 Å². The Labute approximate surface area is 95.0 Å². The fourth-order valence-corrected chi connectivity index (χ4v) is 2.61. The van der Waals surface area contributed by atoms with Gasteiger partial charge in [0.2, 0.25) is 0 Å². The average molecular weight is 212 g/mol. The monoisotopic (exact) mass is 212 g/mol. The van der Waals surface area contributed by atoms with Crippen molar-refractivity contribution < 1.29 is 0 Å². The number of hydrogen-bond donors (Lipinski definition) is 2. The molecule has 90 valence electrons. The molecule has 0 radical (unpaired) electrons. The second-order valence-electron chi connectivity index (χ2n) is 5.06. The van der Waals surface area contributed by atoms with Crippen LogP contribution in [-0.2, 0) is 0 Å². The molecular weight excluding hydrogens is 184 g/mol. The quantitative estimate of drug-likeness (QED) is 0.681. The highest BCUT2D eigenvalue weighted by atomic mass is 15.0. The number of hydrogen-bond acceptors (Lipinski definition) is 2. The van der Waals surface area contributed by atoms with Gasteiger partial charge in [-0.2, -0.15) is 0 Å². The summed E-state index contributed by atoms with van der Waals surface area (Å²) >= 11 is 0. The molecule has 0 bridgehead atoms. The van der Waals surface area contributed by atoms with Crippen molar-refractivity contribution in [3.63, 3.8) is 0 Å². The van der Waals surface area contributed by atoms with Crippen LogP contribution in [-0.4, -0.2) is 18.1 Å². The maximum Gasteiger partial charge on any atom is 0.00849 e. The number of nitrogens with two attached hydrogens (primary N) is 1. The molecule has 0 heterocycles. The molecule has 1 rings (SSSR count). The van der Waals surface area contributed by atoms with Gasteiger partial charge in [0, 0.05) is 18.1 Å². The molecule has 3 atom stereocenters. The van der Waals surface area contributed by atoms with Crippen molar-refractivity contribution in [2.45, 2.75) is 83.3 Å². The maximum atomic E-state index is 5.93. The Morgan fingerprint density at radius 1 is 1.20 bits per heavy atom. The molecule has 1 saturated carbocycles. The number of nitrogens with one attached hydrogen (secondary N) is 1. The van der Waals surface area contributed by atoms with Gasteiger partial charge in [0.25, 0.3) is 0 Å². The van der Waals surface area contributed by atoms with Crippen LogP contribution in [0.3, 0.4) is 0 Å². The summed E-state index contributed by atoms with van der Waals surface area (Å²) in [5.74, 6) is 0. The Morgan fingerprint density at radius 3 is 2.53 bits per heavy atom. The van der Waals surface area contributed by atoms with Gasteiger partial charge in [-0.25, -0.2) is 0 Å². The molecule has 1 aliphatic carbocycles. The zero-order chi connectivity index (χ0) is 11.1. The van der Waals surface area contributed by atoms with E-state index in [9.17, 15) is 0 Å². The molecule has 0 aromatic heterocycles. The van der Waals surface area contributed by atoms with E-state index in [1.165, 1.54) is 51.4 Å². The van der Waals surface area contributed by atoms with Gasteiger partial charge >= 0.3 is 0 Å². The van der Waals surface area contributed by atoms with Gasteiger partial charge in [0.05, 0.1) is 0 Å². The molecule has 0 aromatic rings. The number of unbranched alkanes of at least 4 members (excludes halogenated alkanes) is 1. The third kappa shape index (κ3) is 4.98. The largest absolute Gasteiger partial charge is 0.328 e. The molecule has 0 spiro atoms. The van der Waals surface area contributed by atoms with Crippen molar-refractivity contribution in [3.05, 3.63) is 0 Å². The van der Waals surface area contributed by atoms with Crippen LogP contribution in [0.25, 0.3) is 0 Å². The lowest BCUT2D eigenvalue weighted by Crippen LogP contribution is -2.37. The molecule has 0 amide bonds. The lowest BCUT2D eigenvalue weighted by atomic mass is 10.0. The van der Waals surface area contributed by atoms with Gasteiger partial charge in [0.15, 0.2) is 0 Å². The zero-order valence-electron chi connectivity index (χ0n) is 10.5. The first-order chi connectivity index (χ1) is 7.26. The first-order valence-electron chi connectivity index (χ1n) is 6.77. The summed E-state index contributed by atoms with van der Waals surface area (Å²) in [6.45, 7) is 4.55. The van der Waals surface area contributed by atoms with E-state index in [0.717, 1.165) is 6.04 Å². The maximum absolute atomic E-state index is 5.93. The Kier molecular flexibility index (Phi) is 6.26. The molecular formula is C13H28N2. The predicted molar refractivity (Wildman–Crippen MR) is 67.0 cm³/mol. The standard InChI is InChI=1S/C13H28N2/c1-3-5-7-12(6-4-2)15-13-9-8-11(14)10-13/h11-13,15H,3-10,14H2,1-2H3. The van der Waals surface area contributed by atoms with Crippen LogP contribution < -0.4 is 11.1 Å². The van der Waals surface area contributed by atoms with E-state index in [4.69, 9.17) is 5.73 Å². The Balaban J connectivity index is 2.23. The Bertz CT molecular complexity index is 159. The van der Waals surface area contributed by atoms with Crippen LogP contribution in [0.5, 0.6) is 0 Å². The minimum absolute atomic E-state index is 0.455. The third-order valence-electron chi connectivity index (χ3n) is 3.49. The van der Waals surface area contributed by atoms with Gasteiger partial charge in [0.1, 0.15) is 0 Å². The third-order valence-corrected chi connectivity index (χ3v) is 3.49. The summed E-state index contributed by atoms with van der Waals surface area (Å²) in [7, 11) is 0. The molecule has 1 aliphatic rings. The second-order valence-corrected chi connectivity index (χ2v) is 5.06. The smallest absolute Gasteiger partial charge is 0.00849 e.